The Morgan fingerprint density at radius 2 is 1.18 bits per heavy atom. The van der Waals surface area contributed by atoms with Gasteiger partial charge in [0.15, 0.2) is 0 Å². The zero-order valence-electron chi connectivity index (χ0n) is 17.7. The van der Waals surface area contributed by atoms with Gasteiger partial charge in [0.1, 0.15) is 18.5 Å². The molecule has 0 amide bonds. The smallest absolute Gasteiger partial charge is 0.305 e. The molecule has 0 aliphatic carbocycles. The quantitative estimate of drug-likeness (QED) is 0.162. The second kappa shape index (κ2) is 18.4. The molecule has 1 unspecified atom stereocenters. The van der Waals surface area contributed by atoms with E-state index in [-0.39, 0.29) is 6.42 Å². The number of rotatable bonds is 20. The Morgan fingerprint density at radius 3 is 1.57 bits per heavy atom. The summed E-state index contributed by atoms with van der Waals surface area (Å²) in [5.74, 6) is -1.26. The zero-order chi connectivity index (χ0) is 21.1. The predicted molar refractivity (Wildman–Crippen MR) is 113 cm³/mol. The largest absolute Gasteiger partial charge is 0.463 e. The molecule has 28 heavy (non-hydrogen) atoms. The molecule has 0 aromatic rings. The molecule has 0 aliphatic rings. The lowest BCUT2D eigenvalue weighted by molar-refractivity contribution is -0.146. The van der Waals surface area contributed by atoms with Gasteiger partial charge < -0.3 is 9.84 Å². The van der Waals surface area contributed by atoms with Gasteiger partial charge >= 0.3 is 5.97 Å². The molecular formula is C21H42O6S. The van der Waals surface area contributed by atoms with Crippen molar-refractivity contribution in [1.29, 1.82) is 0 Å². The molecule has 168 valence electrons. The van der Waals surface area contributed by atoms with E-state index >= 15 is 0 Å². The molecule has 0 aromatic carbocycles. The number of hydrogen-bond acceptors (Lipinski definition) is 5. The summed E-state index contributed by atoms with van der Waals surface area (Å²) >= 11 is 0. The van der Waals surface area contributed by atoms with E-state index in [9.17, 15) is 18.3 Å². The van der Waals surface area contributed by atoms with Crippen LogP contribution in [0.3, 0.4) is 0 Å². The minimum absolute atomic E-state index is 0.275. The van der Waals surface area contributed by atoms with Crippen molar-refractivity contribution >= 4 is 16.1 Å². The van der Waals surface area contributed by atoms with Crippen LogP contribution in [-0.2, 0) is 19.6 Å². The topological polar surface area (TPSA) is 101 Å². The first-order valence-corrected chi connectivity index (χ1v) is 12.7. The molecule has 7 heteroatoms. The van der Waals surface area contributed by atoms with Gasteiger partial charge in [0.05, 0.1) is 0 Å². The van der Waals surface area contributed by atoms with E-state index < -0.39 is 34.6 Å². The van der Waals surface area contributed by atoms with Crippen molar-refractivity contribution < 1.29 is 27.6 Å². The third kappa shape index (κ3) is 21.6. The molecule has 1 atom stereocenters. The highest BCUT2D eigenvalue weighted by atomic mass is 32.2. The number of hydrogen-bond donors (Lipinski definition) is 2. The van der Waals surface area contributed by atoms with Gasteiger partial charge in [0.2, 0.25) is 0 Å². The van der Waals surface area contributed by atoms with Gasteiger partial charge in [-0.1, -0.05) is 96.8 Å². The van der Waals surface area contributed by atoms with Crippen molar-refractivity contribution in [3.8, 4) is 0 Å². The molecule has 0 saturated heterocycles. The van der Waals surface area contributed by atoms with Gasteiger partial charge in [-0.3, -0.25) is 9.35 Å². The molecule has 0 fully saturated rings. The molecule has 0 bridgehead atoms. The summed E-state index contributed by atoms with van der Waals surface area (Å²) < 4.78 is 34.5. The summed E-state index contributed by atoms with van der Waals surface area (Å²) in [5.41, 5.74) is 0. The highest BCUT2D eigenvalue weighted by molar-refractivity contribution is 7.85. The standard InChI is InChI=1S/C21H42O6S/c1-2-3-4-5-6-7-8-9-10-11-12-13-14-15-16-17-21(23)27-18-20(22)19-28(24,25)26/h20,22H,2-19H2,1H3,(H,24,25,26). The van der Waals surface area contributed by atoms with Crippen LogP contribution in [0, 0.1) is 0 Å². The minimum Gasteiger partial charge on any atom is -0.463 e. The van der Waals surface area contributed by atoms with Crippen LogP contribution in [0.4, 0.5) is 0 Å². The Labute approximate surface area is 172 Å². The van der Waals surface area contributed by atoms with Gasteiger partial charge in [-0.15, -0.1) is 0 Å². The number of ether oxygens (including phenoxy) is 1. The van der Waals surface area contributed by atoms with Crippen LogP contribution in [-0.4, -0.2) is 42.5 Å². The van der Waals surface area contributed by atoms with Gasteiger partial charge in [0, 0.05) is 6.42 Å². The molecule has 0 heterocycles. The number of unbranched alkanes of at least 4 members (excludes halogenated alkanes) is 14. The van der Waals surface area contributed by atoms with Crippen molar-refractivity contribution in [2.45, 2.75) is 116 Å². The first-order valence-electron chi connectivity index (χ1n) is 11.1. The van der Waals surface area contributed by atoms with Crippen molar-refractivity contribution in [3.63, 3.8) is 0 Å². The number of carbonyl (C=O) groups excluding carboxylic acids is 1. The third-order valence-corrected chi connectivity index (χ3v) is 5.63. The second-order valence-corrected chi connectivity index (χ2v) is 9.28. The lowest BCUT2D eigenvalue weighted by Gasteiger charge is -2.09. The Kier molecular flexibility index (Phi) is 17.9. The molecule has 6 nitrogen and oxygen atoms in total. The Hall–Kier alpha value is -0.660. The monoisotopic (exact) mass is 422 g/mol. The first kappa shape index (κ1) is 27.3. The fourth-order valence-corrected chi connectivity index (χ4v) is 3.78. The highest BCUT2D eigenvalue weighted by Crippen LogP contribution is 2.13. The number of esters is 1. The van der Waals surface area contributed by atoms with E-state index in [1.165, 1.54) is 77.0 Å². The fourth-order valence-electron chi connectivity index (χ4n) is 3.19. The van der Waals surface area contributed by atoms with Crippen LogP contribution in [0.5, 0.6) is 0 Å². The number of carbonyl (C=O) groups is 1. The van der Waals surface area contributed by atoms with Crippen molar-refractivity contribution in [3.05, 3.63) is 0 Å². The van der Waals surface area contributed by atoms with Crippen LogP contribution in [0.2, 0.25) is 0 Å². The maximum Gasteiger partial charge on any atom is 0.305 e. The Bertz CT molecular complexity index is 464. The molecule has 0 spiro atoms. The fraction of sp³-hybridized carbons (Fsp3) is 0.952. The van der Waals surface area contributed by atoms with E-state index in [1.807, 2.05) is 0 Å². The first-order chi connectivity index (χ1) is 13.3. The van der Waals surface area contributed by atoms with E-state index in [0.29, 0.717) is 0 Å². The molecule has 0 rings (SSSR count). The lowest BCUT2D eigenvalue weighted by atomic mass is 10.0. The molecular weight excluding hydrogens is 380 g/mol. The van der Waals surface area contributed by atoms with Crippen molar-refractivity contribution in [2.24, 2.45) is 0 Å². The van der Waals surface area contributed by atoms with E-state index in [0.717, 1.165) is 19.3 Å². The predicted octanol–water partition coefficient (Wildman–Crippen LogP) is 5.04. The Balaban J connectivity index is 3.29. The van der Waals surface area contributed by atoms with Gasteiger partial charge in [-0.2, -0.15) is 8.42 Å². The molecule has 2 N–H and O–H groups in total. The van der Waals surface area contributed by atoms with Crippen LogP contribution in [0.15, 0.2) is 0 Å². The second-order valence-electron chi connectivity index (χ2n) is 7.79. The number of aliphatic hydroxyl groups excluding tert-OH is 1. The highest BCUT2D eigenvalue weighted by Gasteiger charge is 2.15. The molecule has 0 aliphatic heterocycles. The van der Waals surface area contributed by atoms with Crippen LogP contribution in [0.25, 0.3) is 0 Å². The van der Waals surface area contributed by atoms with Gasteiger partial charge in [-0.25, -0.2) is 0 Å². The van der Waals surface area contributed by atoms with Crippen LogP contribution < -0.4 is 0 Å². The molecule has 0 aromatic heterocycles. The number of aliphatic hydroxyl groups is 1. The molecule has 0 saturated carbocycles. The van der Waals surface area contributed by atoms with Crippen LogP contribution >= 0.6 is 0 Å². The van der Waals surface area contributed by atoms with Crippen molar-refractivity contribution in [1.82, 2.24) is 0 Å². The Morgan fingerprint density at radius 1 is 0.786 bits per heavy atom. The maximum atomic E-state index is 11.5. The van der Waals surface area contributed by atoms with Crippen LogP contribution in [0.1, 0.15) is 110 Å². The summed E-state index contributed by atoms with van der Waals surface area (Å²) in [7, 11) is -4.26. The molecule has 0 radical (unpaired) electrons. The minimum atomic E-state index is -4.26. The zero-order valence-corrected chi connectivity index (χ0v) is 18.6. The normalized spacial score (nSPS) is 12.8. The summed E-state index contributed by atoms with van der Waals surface area (Å²) in [5, 5.41) is 9.32. The lowest BCUT2D eigenvalue weighted by Crippen LogP contribution is -2.26. The van der Waals surface area contributed by atoms with Crippen molar-refractivity contribution in [2.75, 3.05) is 12.4 Å². The summed E-state index contributed by atoms with van der Waals surface area (Å²) in [6, 6.07) is 0. The SMILES string of the molecule is CCCCCCCCCCCCCCCCCC(=O)OCC(O)CS(=O)(=O)O. The average Bonchev–Trinajstić information content (AvgIpc) is 2.62. The van der Waals surface area contributed by atoms with E-state index in [4.69, 9.17) is 9.29 Å². The maximum absolute atomic E-state index is 11.5. The summed E-state index contributed by atoms with van der Waals surface area (Å²) in [4.78, 5) is 11.5. The third-order valence-electron chi connectivity index (χ3n) is 4.82. The van der Waals surface area contributed by atoms with E-state index in [1.54, 1.807) is 0 Å². The average molecular weight is 423 g/mol. The van der Waals surface area contributed by atoms with Gasteiger partial charge in [-0.05, 0) is 6.42 Å². The summed E-state index contributed by atoms with van der Waals surface area (Å²) in [6.07, 6.45) is 17.7. The summed E-state index contributed by atoms with van der Waals surface area (Å²) in [6.45, 7) is 1.84. The van der Waals surface area contributed by atoms with Gasteiger partial charge in [0.25, 0.3) is 10.1 Å². The van der Waals surface area contributed by atoms with E-state index in [2.05, 4.69) is 6.92 Å².